The highest BCUT2D eigenvalue weighted by molar-refractivity contribution is 6.31. The van der Waals surface area contributed by atoms with Gasteiger partial charge in [0.25, 0.3) is 5.91 Å². The van der Waals surface area contributed by atoms with Crippen molar-refractivity contribution in [3.8, 4) is 0 Å². The van der Waals surface area contributed by atoms with E-state index in [-0.39, 0.29) is 24.7 Å². The molecule has 4 rings (SSSR count). The van der Waals surface area contributed by atoms with Gasteiger partial charge in [0.15, 0.2) is 0 Å². The summed E-state index contributed by atoms with van der Waals surface area (Å²) in [6.45, 7) is 3.30. The van der Waals surface area contributed by atoms with E-state index in [1.807, 2.05) is 66.7 Å². The van der Waals surface area contributed by atoms with Crippen molar-refractivity contribution in [2.45, 2.75) is 58.0 Å². The lowest BCUT2D eigenvalue weighted by molar-refractivity contribution is -0.0530. The maximum absolute atomic E-state index is 13.3. The van der Waals surface area contributed by atoms with Crippen molar-refractivity contribution in [1.29, 1.82) is 0 Å². The Hall–Kier alpha value is -3.19. The van der Waals surface area contributed by atoms with Crippen molar-refractivity contribution in [1.82, 2.24) is 4.90 Å². The molecule has 6 nitrogen and oxygen atoms in total. The minimum atomic E-state index is -0.932. The zero-order chi connectivity index (χ0) is 26.9. The molecule has 1 N–H and O–H groups in total. The molecule has 0 aromatic heterocycles. The first-order valence-corrected chi connectivity index (χ1v) is 13.4. The topological polar surface area (TPSA) is 76.1 Å². The van der Waals surface area contributed by atoms with Crippen LogP contribution in [0, 0.1) is 6.92 Å². The minimum absolute atomic E-state index is 0.00101. The standard InChI is InChI=1S/C31H34ClNO5/c1-22-9-7-13-25(29(22)31(35)36)21-38-27-15-8-14-26(19-27)37-18-17-33(20-24-12-5-6-16-28(24)32)30(34)23-10-3-2-4-11-23/h2-7,9-13,16,26-27H,8,14-15,17-21H2,1H3,(H,35,36). The number of benzene rings is 3. The molecule has 2 unspecified atom stereocenters. The van der Waals surface area contributed by atoms with Gasteiger partial charge in [-0.05, 0) is 67.5 Å². The molecule has 0 saturated heterocycles. The highest BCUT2D eigenvalue weighted by Gasteiger charge is 2.25. The van der Waals surface area contributed by atoms with Crippen LogP contribution in [0.25, 0.3) is 0 Å². The van der Waals surface area contributed by atoms with Gasteiger partial charge in [0.1, 0.15) is 0 Å². The molecular weight excluding hydrogens is 502 g/mol. The molecule has 1 saturated carbocycles. The number of halogens is 1. The number of carboxylic acids is 1. The summed E-state index contributed by atoms with van der Waals surface area (Å²) in [5.74, 6) is -0.996. The number of nitrogens with zero attached hydrogens (tertiary/aromatic N) is 1. The van der Waals surface area contributed by atoms with Crippen LogP contribution in [0.15, 0.2) is 72.8 Å². The Kier molecular flexibility index (Phi) is 9.93. The molecule has 3 aromatic carbocycles. The zero-order valence-corrected chi connectivity index (χ0v) is 22.4. The Morgan fingerprint density at radius 2 is 1.61 bits per heavy atom. The van der Waals surface area contributed by atoms with E-state index in [1.54, 1.807) is 17.9 Å². The van der Waals surface area contributed by atoms with Gasteiger partial charge >= 0.3 is 5.97 Å². The molecule has 1 amide bonds. The lowest BCUT2D eigenvalue weighted by Crippen LogP contribution is -2.35. The van der Waals surface area contributed by atoms with Crippen LogP contribution in [0.1, 0.15) is 63.1 Å². The second-order valence-electron chi connectivity index (χ2n) is 9.69. The summed E-state index contributed by atoms with van der Waals surface area (Å²) < 4.78 is 12.4. The lowest BCUT2D eigenvalue weighted by atomic mass is 9.94. The van der Waals surface area contributed by atoms with Gasteiger partial charge in [-0.1, -0.05) is 66.2 Å². The Bertz CT molecular complexity index is 1230. The number of carbonyl (C=O) groups excluding carboxylic acids is 1. The van der Waals surface area contributed by atoms with Crippen LogP contribution < -0.4 is 0 Å². The Balaban J connectivity index is 1.33. The van der Waals surface area contributed by atoms with Crippen molar-refractivity contribution in [2.24, 2.45) is 0 Å². The van der Waals surface area contributed by atoms with Crippen molar-refractivity contribution in [3.05, 3.63) is 106 Å². The Morgan fingerprint density at radius 1 is 0.921 bits per heavy atom. The predicted molar refractivity (Wildman–Crippen MR) is 148 cm³/mol. The van der Waals surface area contributed by atoms with Gasteiger partial charge in [-0.15, -0.1) is 0 Å². The molecule has 38 heavy (non-hydrogen) atoms. The minimum Gasteiger partial charge on any atom is -0.478 e. The van der Waals surface area contributed by atoms with Crippen LogP contribution in [-0.4, -0.2) is 47.2 Å². The molecule has 3 aromatic rings. The van der Waals surface area contributed by atoms with Crippen molar-refractivity contribution < 1.29 is 24.2 Å². The number of rotatable bonds is 11. The van der Waals surface area contributed by atoms with Crippen LogP contribution in [-0.2, 0) is 22.6 Å². The molecule has 0 spiro atoms. The van der Waals surface area contributed by atoms with E-state index < -0.39 is 5.97 Å². The van der Waals surface area contributed by atoms with Crippen LogP contribution in [0.3, 0.4) is 0 Å². The number of hydrogen-bond acceptors (Lipinski definition) is 4. The first-order chi connectivity index (χ1) is 18.4. The highest BCUT2D eigenvalue weighted by atomic mass is 35.5. The van der Waals surface area contributed by atoms with E-state index in [0.29, 0.717) is 41.4 Å². The molecular formula is C31H34ClNO5. The second kappa shape index (κ2) is 13.6. The lowest BCUT2D eigenvalue weighted by Gasteiger charge is -2.30. The van der Waals surface area contributed by atoms with E-state index in [9.17, 15) is 14.7 Å². The number of carboxylic acid groups (broad SMARTS) is 1. The SMILES string of the molecule is Cc1cccc(COC2CCCC(OCCN(Cc3ccccc3Cl)C(=O)c3ccccc3)C2)c1C(=O)O. The number of aryl methyl sites for hydroxylation is 1. The van der Waals surface area contributed by atoms with Gasteiger partial charge < -0.3 is 19.5 Å². The first-order valence-electron chi connectivity index (χ1n) is 13.0. The summed E-state index contributed by atoms with van der Waals surface area (Å²) >= 11 is 6.38. The maximum Gasteiger partial charge on any atom is 0.336 e. The second-order valence-corrected chi connectivity index (χ2v) is 10.1. The average Bonchev–Trinajstić information content (AvgIpc) is 2.92. The van der Waals surface area contributed by atoms with E-state index in [4.69, 9.17) is 21.1 Å². The fraction of sp³-hybridized carbons (Fsp3) is 0.355. The molecule has 1 fully saturated rings. The average molecular weight is 536 g/mol. The van der Waals surface area contributed by atoms with Gasteiger partial charge in [0.05, 0.1) is 31.0 Å². The molecule has 1 aliphatic rings. The number of hydrogen-bond donors (Lipinski definition) is 1. The van der Waals surface area contributed by atoms with Gasteiger partial charge in [-0.2, -0.15) is 0 Å². The number of carbonyl (C=O) groups is 2. The Labute approximate surface area is 229 Å². The zero-order valence-electron chi connectivity index (χ0n) is 21.6. The number of aromatic carboxylic acids is 1. The number of amides is 1. The molecule has 2 atom stereocenters. The largest absolute Gasteiger partial charge is 0.478 e. The summed E-state index contributed by atoms with van der Waals surface area (Å²) in [5.41, 5.74) is 3.26. The third-order valence-corrected chi connectivity index (χ3v) is 7.34. The van der Waals surface area contributed by atoms with E-state index in [1.165, 1.54) is 0 Å². The quantitative estimate of drug-likeness (QED) is 0.302. The third-order valence-electron chi connectivity index (χ3n) is 6.97. The van der Waals surface area contributed by atoms with Crippen molar-refractivity contribution in [2.75, 3.05) is 13.2 Å². The van der Waals surface area contributed by atoms with Gasteiger partial charge in [0.2, 0.25) is 0 Å². The summed E-state index contributed by atoms with van der Waals surface area (Å²) in [6.07, 6.45) is 3.59. The summed E-state index contributed by atoms with van der Waals surface area (Å²) in [7, 11) is 0. The molecule has 0 radical (unpaired) electrons. The molecule has 0 aliphatic heterocycles. The summed E-state index contributed by atoms with van der Waals surface area (Å²) in [6, 6.07) is 22.3. The fourth-order valence-electron chi connectivity index (χ4n) is 4.94. The molecule has 0 bridgehead atoms. The number of ether oxygens (including phenoxy) is 2. The van der Waals surface area contributed by atoms with Crippen LogP contribution in [0.4, 0.5) is 0 Å². The van der Waals surface area contributed by atoms with Gasteiger partial charge in [-0.3, -0.25) is 4.79 Å². The molecule has 1 aliphatic carbocycles. The van der Waals surface area contributed by atoms with E-state index >= 15 is 0 Å². The smallest absolute Gasteiger partial charge is 0.336 e. The van der Waals surface area contributed by atoms with Crippen molar-refractivity contribution >= 4 is 23.5 Å². The predicted octanol–water partition coefficient (Wildman–Crippen LogP) is 6.53. The van der Waals surface area contributed by atoms with Crippen molar-refractivity contribution in [3.63, 3.8) is 0 Å². The summed E-state index contributed by atoms with van der Waals surface area (Å²) in [4.78, 5) is 26.7. The first kappa shape index (κ1) is 27.8. The van der Waals surface area contributed by atoms with Gasteiger partial charge in [-0.25, -0.2) is 4.79 Å². The molecule has 200 valence electrons. The molecule has 7 heteroatoms. The monoisotopic (exact) mass is 535 g/mol. The van der Waals surface area contributed by atoms with Crippen LogP contribution >= 0.6 is 11.6 Å². The molecule has 0 heterocycles. The maximum atomic E-state index is 13.3. The summed E-state index contributed by atoms with van der Waals surface area (Å²) in [5, 5.41) is 10.2. The Morgan fingerprint density at radius 3 is 2.34 bits per heavy atom. The van der Waals surface area contributed by atoms with Crippen LogP contribution in [0.5, 0.6) is 0 Å². The van der Waals surface area contributed by atoms with E-state index in [2.05, 4.69) is 0 Å². The third kappa shape index (κ3) is 7.44. The van der Waals surface area contributed by atoms with Gasteiger partial charge in [0, 0.05) is 23.7 Å². The van der Waals surface area contributed by atoms with Crippen LogP contribution in [0.2, 0.25) is 5.02 Å². The normalized spacial score (nSPS) is 17.2. The van der Waals surface area contributed by atoms with E-state index in [0.717, 1.165) is 36.8 Å². The highest BCUT2D eigenvalue weighted by Crippen LogP contribution is 2.26. The fourth-order valence-corrected chi connectivity index (χ4v) is 5.14.